The number of carbonyl (C=O) groups excluding carboxylic acids is 1. The number of hydrogen-bond acceptors (Lipinski definition) is 5. The second-order valence-corrected chi connectivity index (χ2v) is 7.55. The number of rotatable bonds is 3. The van der Waals surface area contributed by atoms with Crippen molar-refractivity contribution in [2.24, 2.45) is 0 Å². The highest BCUT2D eigenvalue weighted by molar-refractivity contribution is 5.85. The summed E-state index contributed by atoms with van der Waals surface area (Å²) in [6, 6.07) is 7.74. The van der Waals surface area contributed by atoms with Gasteiger partial charge < -0.3 is 24.6 Å². The summed E-state index contributed by atoms with van der Waals surface area (Å²) in [4.78, 5) is 24.9. The number of aromatic nitrogens is 2. The Morgan fingerprint density at radius 1 is 1.22 bits per heavy atom. The Hall–Kier alpha value is -2.38. The van der Waals surface area contributed by atoms with Crippen LogP contribution in [0.1, 0.15) is 24.2 Å². The van der Waals surface area contributed by atoms with Gasteiger partial charge in [-0.15, -0.1) is 0 Å². The Kier molecular flexibility index (Phi) is 4.65. The van der Waals surface area contributed by atoms with Crippen molar-refractivity contribution >= 4 is 5.91 Å². The lowest BCUT2D eigenvalue weighted by Crippen LogP contribution is -2.55. The van der Waals surface area contributed by atoms with E-state index >= 15 is 0 Å². The molecule has 3 heterocycles. The number of fused-ring (bicyclic) bond motifs is 1. The largest absolute Gasteiger partial charge is 0.497 e. The number of imidazole rings is 1. The van der Waals surface area contributed by atoms with E-state index in [-0.39, 0.29) is 5.91 Å². The van der Waals surface area contributed by atoms with Gasteiger partial charge in [0.2, 0.25) is 0 Å². The van der Waals surface area contributed by atoms with Crippen LogP contribution in [0.4, 0.5) is 0 Å². The van der Waals surface area contributed by atoms with Crippen LogP contribution in [0.25, 0.3) is 11.4 Å². The van der Waals surface area contributed by atoms with Crippen LogP contribution in [-0.2, 0) is 17.8 Å². The zero-order valence-corrected chi connectivity index (χ0v) is 15.9. The van der Waals surface area contributed by atoms with Crippen LogP contribution in [0, 0.1) is 0 Å². The summed E-state index contributed by atoms with van der Waals surface area (Å²) in [6.07, 6.45) is 1.68. The molecule has 1 aromatic carbocycles. The van der Waals surface area contributed by atoms with Crippen LogP contribution in [0.2, 0.25) is 0 Å². The quantitative estimate of drug-likeness (QED) is 0.854. The van der Waals surface area contributed by atoms with E-state index in [4.69, 9.17) is 9.72 Å². The van der Waals surface area contributed by atoms with Crippen LogP contribution in [-0.4, -0.2) is 70.2 Å². The Balaban J connectivity index is 1.50. The number of benzene rings is 1. The van der Waals surface area contributed by atoms with Crippen molar-refractivity contribution in [2.45, 2.75) is 31.4 Å². The van der Waals surface area contributed by atoms with Crippen molar-refractivity contribution in [1.29, 1.82) is 0 Å². The van der Waals surface area contributed by atoms with E-state index in [0.717, 1.165) is 41.6 Å². The highest BCUT2D eigenvalue weighted by Gasteiger charge is 2.42. The van der Waals surface area contributed by atoms with Gasteiger partial charge in [-0.3, -0.25) is 4.79 Å². The van der Waals surface area contributed by atoms with Gasteiger partial charge in [-0.05, 0) is 44.2 Å². The monoisotopic (exact) mass is 370 g/mol. The van der Waals surface area contributed by atoms with Gasteiger partial charge in [-0.1, -0.05) is 0 Å². The predicted molar refractivity (Wildman–Crippen MR) is 101 cm³/mol. The lowest BCUT2D eigenvalue weighted by molar-refractivity contribution is -0.157. The molecular formula is C20H26N4O3. The summed E-state index contributed by atoms with van der Waals surface area (Å²) in [7, 11) is 3.66. The summed E-state index contributed by atoms with van der Waals surface area (Å²) >= 11 is 0. The fourth-order valence-corrected chi connectivity index (χ4v) is 3.85. The standard InChI is InChI=1S/C20H26N4O3/c1-23-11-8-20(26,9-12-23)19(25)24-10-7-16-17(13-24)22-18(21-16)14-3-5-15(27-2)6-4-14/h3-6,26H,7-13H2,1-2H3,(H,21,22). The SMILES string of the molecule is COc1ccc(-c2nc3c([nH]2)CN(C(=O)C2(O)CCN(C)CC2)CC3)cc1. The van der Waals surface area contributed by atoms with E-state index in [1.807, 2.05) is 31.3 Å². The molecule has 0 spiro atoms. The molecule has 2 aromatic rings. The molecule has 0 aliphatic carbocycles. The molecule has 0 radical (unpaired) electrons. The topological polar surface area (TPSA) is 81.7 Å². The smallest absolute Gasteiger partial charge is 0.254 e. The van der Waals surface area contributed by atoms with Crippen molar-refractivity contribution in [3.63, 3.8) is 0 Å². The van der Waals surface area contributed by atoms with Crippen LogP contribution < -0.4 is 4.74 Å². The Morgan fingerprint density at radius 2 is 1.93 bits per heavy atom. The molecule has 0 unspecified atom stereocenters. The van der Waals surface area contributed by atoms with E-state index in [1.54, 1.807) is 12.0 Å². The van der Waals surface area contributed by atoms with Gasteiger partial charge >= 0.3 is 0 Å². The molecule has 1 aromatic heterocycles. The molecule has 0 atom stereocenters. The van der Waals surface area contributed by atoms with E-state index in [0.29, 0.717) is 32.4 Å². The maximum absolute atomic E-state index is 12.9. The lowest BCUT2D eigenvalue weighted by atomic mass is 9.89. The van der Waals surface area contributed by atoms with Crippen molar-refractivity contribution in [1.82, 2.24) is 19.8 Å². The summed E-state index contributed by atoms with van der Waals surface area (Å²) in [5.74, 6) is 1.45. The number of carbonyl (C=O) groups is 1. The Bertz CT molecular complexity index is 822. The molecule has 0 bridgehead atoms. The van der Waals surface area contributed by atoms with Crippen LogP contribution in [0.3, 0.4) is 0 Å². The summed E-state index contributed by atoms with van der Waals surface area (Å²) in [5, 5.41) is 10.8. The number of amides is 1. The van der Waals surface area contributed by atoms with Crippen molar-refractivity contribution < 1.29 is 14.6 Å². The molecule has 1 fully saturated rings. The van der Waals surface area contributed by atoms with Gasteiger partial charge in [0, 0.05) is 31.6 Å². The first-order chi connectivity index (χ1) is 13.0. The maximum atomic E-state index is 12.9. The Morgan fingerprint density at radius 3 is 2.59 bits per heavy atom. The number of nitrogens with zero attached hydrogens (tertiary/aromatic N) is 3. The first kappa shape index (κ1) is 18.0. The number of ether oxygens (including phenoxy) is 1. The molecule has 4 rings (SSSR count). The predicted octanol–water partition coefficient (Wildman–Crippen LogP) is 1.43. The third-order valence-electron chi connectivity index (χ3n) is 5.69. The van der Waals surface area contributed by atoms with Crippen molar-refractivity contribution in [2.75, 3.05) is 33.8 Å². The van der Waals surface area contributed by atoms with Crippen molar-refractivity contribution in [3.05, 3.63) is 35.7 Å². The molecule has 1 saturated heterocycles. The van der Waals surface area contributed by atoms with E-state index < -0.39 is 5.60 Å². The summed E-state index contributed by atoms with van der Waals surface area (Å²) in [6.45, 7) is 2.55. The number of hydrogen-bond donors (Lipinski definition) is 2. The van der Waals surface area contributed by atoms with Crippen LogP contribution in [0.5, 0.6) is 5.75 Å². The third kappa shape index (κ3) is 3.44. The summed E-state index contributed by atoms with van der Waals surface area (Å²) < 4.78 is 5.20. The second-order valence-electron chi connectivity index (χ2n) is 7.55. The van der Waals surface area contributed by atoms with Gasteiger partial charge in [0.15, 0.2) is 0 Å². The number of aliphatic hydroxyl groups is 1. The average molecular weight is 370 g/mol. The zero-order chi connectivity index (χ0) is 19.0. The molecule has 2 aliphatic heterocycles. The first-order valence-corrected chi connectivity index (χ1v) is 9.41. The number of H-pyrrole nitrogens is 1. The number of piperidine rings is 1. The third-order valence-corrected chi connectivity index (χ3v) is 5.69. The molecule has 1 amide bonds. The molecule has 7 nitrogen and oxygen atoms in total. The van der Waals surface area contributed by atoms with Gasteiger partial charge in [0.25, 0.3) is 5.91 Å². The molecule has 2 N–H and O–H groups in total. The lowest BCUT2D eigenvalue weighted by Gasteiger charge is -2.39. The molecule has 2 aliphatic rings. The number of aromatic amines is 1. The molecular weight excluding hydrogens is 344 g/mol. The highest BCUT2D eigenvalue weighted by atomic mass is 16.5. The first-order valence-electron chi connectivity index (χ1n) is 9.41. The van der Waals surface area contributed by atoms with Gasteiger partial charge in [-0.2, -0.15) is 0 Å². The summed E-state index contributed by atoms with van der Waals surface area (Å²) in [5.41, 5.74) is 1.71. The second kappa shape index (κ2) is 6.98. The van der Waals surface area contributed by atoms with Crippen LogP contribution in [0.15, 0.2) is 24.3 Å². The van der Waals surface area contributed by atoms with Gasteiger partial charge in [0.05, 0.1) is 25.0 Å². The van der Waals surface area contributed by atoms with E-state index in [1.165, 1.54) is 0 Å². The van der Waals surface area contributed by atoms with Gasteiger partial charge in [0.1, 0.15) is 17.2 Å². The minimum atomic E-state index is -1.23. The van der Waals surface area contributed by atoms with Crippen molar-refractivity contribution in [3.8, 4) is 17.1 Å². The Labute approximate surface area is 159 Å². The number of nitrogens with one attached hydrogen (secondary N) is 1. The molecule has 0 saturated carbocycles. The zero-order valence-electron chi connectivity index (χ0n) is 15.9. The fraction of sp³-hybridized carbons (Fsp3) is 0.500. The molecule has 7 heteroatoms. The van der Waals surface area contributed by atoms with Gasteiger partial charge in [-0.25, -0.2) is 4.98 Å². The minimum absolute atomic E-state index is 0.151. The number of likely N-dealkylation sites (tertiary alicyclic amines) is 1. The normalized spacial score (nSPS) is 19.6. The van der Waals surface area contributed by atoms with E-state index in [9.17, 15) is 9.90 Å². The van der Waals surface area contributed by atoms with Crippen LogP contribution >= 0.6 is 0 Å². The molecule has 144 valence electrons. The maximum Gasteiger partial charge on any atom is 0.254 e. The number of methoxy groups -OCH3 is 1. The van der Waals surface area contributed by atoms with E-state index in [2.05, 4.69) is 9.88 Å². The minimum Gasteiger partial charge on any atom is -0.497 e. The highest BCUT2D eigenvalue weighted by Crippen LogP contribution is 2.28. The fourth-order valence-electron chi connectivity index (χ4n) is 3.85. The molecule has 27 heavy (non-hydrogen) atoms. The average Bonchev–Trinajstić information content (AvgIpc) is 3.13.